The molecule has 0 aromatic rings. The zero-order chi connectivity index (χ0) is 9.30. The molecular weight excluding hydrogens is 191 g/mol. The Hall–Kier alpha value is 0.310. The van der Waals surface area contributed by atoms with Crippen molar-refractivity contribution in [3.8, 4) is 0 Å². The third kappa shape index (κ3) is 2.63. The molecule has 0 spiro atoms. The van der Waals surface area contributed by atoms with Crippen molar-refractivity contribution in [2.75, 3.05) is 6.61 Å². The first-order valence-electron chi connectivity index (χ1n) is 3.43. The van der Waals surface area contributed by atoms with Gasteiger partial charge in [0.1, 0.15) is 12.2 Å². The maximum absolute atomic E-state index is 10.6. The molecule has 0 saturated carbocycles. The summed E-state index contributed by atoms with van der Waals surface area (Å²) in [5.74, 6) is -0.986. The Bertz CT molecular complexity index is 191. The van der Waals surface area contributed by atoms with Crippen LogP contribution in [0.2, 0.25) is 0 Å². The fraction of sp³-hybridized carbons (Fsp3) is 0.833. The fourth-order valence-corrected chi connectivity index (χ4v) is 1.00. The number of carbonyl (C=O) groups excluding carboxylic acids is 1. The maximum Gasteiger partial charge on any atom is 1.00 e. The SMILES string of the molecule is O=C1O[C@H]([C@@H](O)CO)C(O)C1O.[H-].[Na+]. The Morgan fingerprint density at radius 1 is 1.54 bits per heavy atom. The van der Waals surface area contributed by atoms with Crippen LogP contribution < -0.4 is 29.6 Å². The molecule has 13 heavy (non-hydrogen) atoms. The number of carbonyl (C=O) groups is 1. The molecule has 7 heteroatoms. The molecule has 72 valence electrons. The Balaban J connectivity index is 0. The number of rotatable bonds is 2. The van der Waals surface area contributed by atoms with Crippen LogP contribution in [0, 0.1) is 0 Å². The van der Waals surface area contributed by atoms with Crippen molar-refractivity contribution < 1.29 is 60.9 Å². The van der Waals surface area contributed by atoms with E-state index in [2.05, 4.69) is 4.74 Å². The van der Waals surface area contributed by atoms with Crippen molar-refractivity contribution in [1.82, 2.24) is 0 Å². The van der Waals surface area contributed by atoms with Gasteiger partial charge in [0.2, 0.25) is 0 Å². The number of aliphatic hydroxyl groups excluding tert-OH is 4. The van der Waals surface area contributed by atoms with Crippen LogP contribution in [-0.4, -0.2) is 57.4 Å². The quantitative estimate of drug-likeness (QED) is 0.262. The first kappa shape index (κ1) is 13.3. The third-order valence-electron chi connectivity index (χ3n) is 1.72. The van der Waals surface area contributed by atoms with Gasteiger partial charge in [-0.05, 0) is 0 Å². The van der Waals surface area contributed by atoms with E-state index in [0.717, 1.165) is 0 Å². The summed E-state index contributed by atoms with van der Waals surface area (Å²) >= 11 is 0. The molecule has 2 unspecified atom stereocenters. The minimum atomic E-state index is -1.63. The molecule has 1 heterocycles. The molecule has 1 rings (SSSR count). The standard InChI is InChI=1S/C6H10O6.Na.H/c7-1-2(8)5-3(9)4(10)6(11)12-5;;/h2-5,7-10H,1H2;;/q;+1;-1/t2-,3?,4?,5+;;/m0../s1. The van der Waals surface area contributed by atoms with Crippen molar-refractivity contribution in [3.05, 3.63) is 0 Å². The monoisotopic (exact) mass is 202 g/mol. The second-order valence-corrected chi connectivity index (χ2v) is 2.59. The van der Waals surface area contributed by atoms with Crippen molar-refractivity contribution in [2.45, 2.75) is 24.4 Å². The van der Waals surface area contributed by atoms with Crippen LogP contribution in [0.15, 0.2) is 0 Å². The first-order valence-corrected chi connectivity index (χ1v) is 3.43. The number of hydrogen-bond donors (Lipinski definition) is 4. The molecule has 4 N–H and O–H groups in total. The summed E-state index contributed by atoms with van der Waals surface area (Å²) in [4.78, 5) is 10.6. The number of cyclic esters (lactones) is 1. The van der Waals surface area contributed by atoms with E-state index in [1.54, 1.807) is 0 Å². The van der Waals surface area contributed by atoms with Crippen LogP contribution in [0.3, 0.4) is 0 Å². The van der Waals surface area contributed by atoms with Crippen molar-refractivity contribution in [2.24, 2.45) is 0 Å². The predicted molar refractivity (Wildman–Crippen MR) is 36.1 cm³/mol. The van der Waals surface area contributed by atoms with E-state index in [0.29, 0.717) is 0 Å². The van der Waals surface area contributed by atoms with Gasteiger partial charge in [0.25, 0.3) is 0 Å². The zero-order valence-electron chi connectivity index (χ0n) is 8.12. The molecule has 0 aliphatic carbocycles. The summed E-state index contributed by atoms with van der Waals surface area (Å²) in [5.41, 5.74) is 0. The largest absolute Gasteiger partial charge is 1.00 e. The molecule has 1 saturated heterocycles. The Morgan fingerprint density at radius 3 is 2.38 bits per heavy atom. The molecule has 0 amide bonds. The van der Waals surface area contributed by atoms with Crippen LogP contribution in [-0.2, 0) is 9.53 Å². The second-order valence-electron chi connectivity index (χ2n) is 2.59. The van der Waals surface area contributed by atoms with Gasteiger partial charge in [-0.25, -0.2) is 4.79 Å². The molecule has 1 aliphatic heterocycles. The van der Waals surface area contributed by atoms with Gasteiger partial charge >= 0.3 is 35.5 Å². The fourth-order valence-electron chi connectivity index (χ4n) is 1.00. The molecular formula is C6H11NaO6. The normalized spacial score (nSPS) is 35.1. The number of esters is 1. The molecule has 1 fully saturated rings. The molecule has 6 nitrogen and oxygen atoms in total. The van der Waals surface area contributed by atoms with Gasteiger partial charge < -0.3 is 26.6 Å². The number of aliphatic hydroxyl groups is 4. The van der Waals surface area contributed by atoms with Crippen molar-refractivity contribution in [3.63, 3.8) is 0 Å². The summed E-state index contributed by atoms with van der Waals surface area (Å²) in [6, 6.07) is 0. The van der Waals surface area contributed by atoms with E-state index < -0.39 is 37.0 Å². The van der Waals surface area contributed by atoms with Gasteiger partial charge in [-0.1, -0.05) is 0 Å². The topological polar surface area (TPSA) is 107 Å². The first-order chi connectivity index (χ1) is 5.57. The summed E-state index contributed by atoms with van der Waals surface area (Å²) in [7, 11) is 0. The van der Waals surface area contributed by atoms with Gasteiger partial charge in [-0.2, -0.15) is 0 Å². The minimum absolute atomic E-state index is 0. The van der Waals surface area contributed by atoms with Crippen LogP contribution in [0.1, 0.15) is 1.43 Å². The van der Waals surface area contributed by atoms with E-state index in [1.165, 1.54) is 0 Å². The van der Waals surface area contributed by atoms with Crippen LogP contribution >= 0.6 is 0 Å². The van der Waals surface area contributed by atoms with E-state index in [-0.39, 0.29) is 31.0 Å². The van der Waals surface area contributed by atoms with Gasteiger partial charge in [0.15, 0.2) is 12.2 Å². The Labute approximate surface area is 97.9 Å². The summed E-state index contributed by atoms with van der Waals surface area (Å²) < 4.78 is 4.39. The smallest absolute Gasteiger partial charge is 1.00 e. The van der Waals surface area contributed by atoms with E-state index in [9.17, 15) is 4.79 Å². The van der Waals surface area contributed by atoms with Gasteiger partial charge in [0.05, 0.1) is 6.61 Å². The summed E-state index contributed by atoms with van der Waals surface area (Å²) in [6.07, 6.45) is -5.70. The zero-order valence-corrected chi connectivity index (χ0v) is 9.12. The number of hydrogen-bond acceptors (Lipinski definition) is 6. The van der Waals surface area contributed by atoms with Crippen molar-refractivity contribution in [1.29, 1.82) is 0 Å². The van der Waals surface area contributed by atoms with Crippen LogP contribution in [0.5, 0.6) is 0 Å². The Morgan fingerprint density at radius 2 is 2.08 bits per heavy atom. The van der Waals surface area contributed by atoms with Gasteiger partial charge in [0, 0.05) is 0 Å². The molecule has 0 radical (unpaired) electrons. The Kier molecular flexibility index (Phi) is 5.38. The van der Waals surface area contributed by atoms with Gasteiger partial charge in [-0.3, -0.25) is 0 Å². The van der Waals surface area contributed by atoms with E-state index in [4.69, 9.17) is 20.4 Å². The summed E-state index contributed by atoms with van der Waals surface area (Å²) in [5, 5.41) is 35.3. The van der Waals surface area contributed by atoms with Crippen LogP contribution in [0.25, 0.3) is 0 Å². The van der Waals surface area contributed by atoms with E-state index >= 15 is 0 Å². The second kappa shape index (κ2) is 5.26. The minimum Gasteiger partial charge on any atom is -1.00 e. The maximum atomic E-state index is 10.6. The average molecular weight is 202 g/mol. The average Bonchev–Trinajstić information content (AvgIpc) is 2.32. The predicted octanol–water partition coefficient (Wildman–Crippen LogP) is -5.90. The van der Waals surface area contributed by atoms with E-state index in [1.807, 2.05) is 0 Å². The molecule has 0 aromatic heterocycles. The van der Waals surface area contributed by atoms with Crippen LogP contribution in [0.4, 0.5) is 0 Å². The molecule has 0 aromatic carbocycles. The van der Waals surface area contributed by atoms with Crippen molar-refractivity contribution >= 4 is 5.97 Å². The summed E-state index contributed by atoms with van der Waals surface area (Å²) in [6.45, 7) is -0.637. The number of ether oxygens (including phenoxy) is 1. The molecule has 4 atom stereocenters. The molecule has 0 bridgehead atoms. The third-order valence-corrected chi connectivity index (χ3v) is 1.72. The van der Waals surface area contributed by atoms with Gasteiger partial charge in [-0.15, -0.1) is 0 Å². The molecule has 1 aliphatic rings.